The second kappa shape index (κ2) is 7.80. The van der Waals surface area contributed by atoms with Crippen LogP contribution in [0.15, 0.2) is 103 Å². The van der Waals surface area contributed by atoms with Crippen LogP contribution < -0.4 is 4.90 Å². The summed E-state index contributed by atoms with van der Waals surface area (Å²) in [5, 5.41) is 0. The van der Waals surface area contributed by atoms with Gasteiger partial charge in [-0.25, -0.2) is 4.39 Å². The van der Waals surface area contributed by atoms with Crippen molar-refractivity contribution in [3.8, 4) is 0 Å². The number of carbonyl (C=O) groups is 1. The smallest absolute Gasteiger partial charge is 0.242 e. The van der Waals surface area contributed by atoms with Gasteiger partial charge < -0.3 is 0 Å². The monoisotopic (exact) mass is 408 g/mol. The van der Waals surface area contributed by atoms with Gasteiger partial charge in [-0.1, -0.05) is 48.5 Å². The minimum absolute atomic E-state index is 0.000901. The van der Waals surface area contributed by atoms with Gasteiger partial charge in [-0.05, 0) is 72.0 Å². The minimum Gasteiger partial charge on any atom is -0.280 e. The van der Waals surface area contributed by atoms with Crippen LogP contribution in [0.3, 0.4) is 0 Å². The topological polar surface area (TPSA) is 33.2 Å². The summed E-state index contributed by atoms with van der Waals surface area (Å²) in [5.74, 6) is -0.295. The van der Waals surface area contributed by atoms with Crippen LogP contribution in [-0.4, -0.2) is 10.9 Å². The molecule has 3 nitrogen and oxygen atoms in total. The lowest BCUT2D eigenvalue weighted by Crippen LogP contribution is -2.42. The van der Waals surface area contributed by atoms with E-state index >= 15 is 0 Å². The van der Waals surface area contributed by atoms with Gasteiger partial charge in [-0.3, -0.25) is 14.7 Å². The number of carbonyl (C=O) groups excluding carboxylic acids is 1. The summed E-state index contributed by atoms with van der Waals surface area (Å²) in [7, 11) is 0. The minimum atomic E-state index is -0.846. The fourth-order valence-corrected chi connectivity index (χ4v) is 4.59. The molecule has 3 aromatic carbocycles. The number of rotatable bonds is 5. The third kappa shape index (κ3) is 3.40. The molecule has 4 heteroatoms. The fourth-order valence-electron chi connectivity index (χ4n) is 4.59. The molecule has 31 heavy (non-hydrogen) atoms. The summed E-state index contributed by atoms with van der Waals surface area (Å²) < 4.78 is 14.0. The van der Waals surface area contributed by atoms with Crippen LogP contribution in [0.1, 0.15) is 16.7 Å². The van der Waals surface area contributed by atoms with E-state index < -0.39 is 5.41 Å². The highest BCUT2D eigenvalue weighted by molar-refractivity contribution is 6.13. The largest absolute Gasteiger partial charge is 0.280 e. The number of para-hydroxylation sites is 2. The molecule has 0 saturated heterocycles. The zero-order valence-corrected chi connectivity index (χ0v) is 16.9. The van der Waals surface area contributed by atoms with Crippen molar-refractivity contribution in [2.24, 2.45) is 0 Å². The van der Waals surface area contributed by atoms with Crippen LogP contribution in [-0.2, 0) is 23.1 Å². The van der Waals surface area contributed by atoms with Crippen molar-refractivity contribution in [1.82, 2.24) is 4.98 Å². The number of amides is 1. The predicted molar refractivity (Wildman–Crippen MR) is 120 cm³/mol. The van der Waals surface area contributed by atoms with Crippen molar-refractivity contribution < 1.29 is 9.18 Å². The molecule has 0 bridgehead atoms. The Morgan fingerprint density at radius 2 is 1.48 bits per heavy atom. The van der Waals surface area contributed by atoms with Gasteiger partial charge in [0.15, 0.2) is 0 Å². The molecule has 0 aliphatic carbocycles. The molecule has 0 spiro atoms. The highest BCUT2D eigenvalue weighted by atomic mass is 19.1. The van der Waals surface area contributed by atoms with Crippen molar-refractivity contribution in [1.29, 1.82) is 0 Å². The summed E-state index contributed by atoms with van der Waals surface area (Å²) in [6.45, 7) is 0. The van der Waals surface area contributed by atoms with E-state index in [9.17, 15) is 9.18 Å². The third-order valence-corrected chi connectivity index (χ3v) is 5.94. The standard InChI is InChI=1S/C27H21FN2O/c28-22-8-6-7-21(17-22)19-27(18-20-13-15-29-16-14-20)24-11-4-5-12-25(24)30(26(27)31)23-9-2-1-3-10-23/h1-17H,18-19H2. The molecule has 1 atom stereocenters. The number of hydrogen-bond acceptors (Lipinski definition) is 2. The van der Waals surface area contributed by atoms with E-state index in [1.807, 2.05) is 72.8 Å². The lowest BCUT2D eigenvalue weighted by molar-refractivity contribution is -0.122. The Kier molecular flexibility index (Phi) is 4.83. The van der Waals surface area contributed by atoms with Gasteiger partial charge in [0.05, 0.1) is 11.1 Å². The number of nitrogens with zero attached hydrogens (tertiary/aromatic N) is 2. The van der Waals surface area contributed by atoms with Gasteiger partial charge in [0.2, 0.25) is 5.91 Å². The van der Waals surface area contributed by atoms with Gasteiger partial charge in [-0.15, -0.1) is 0 Å². The lowest BCUT2D eigenvalue weighted by atomic mass is 9.72. The number of pyridine rings is 1. The highest BCUT2D eigenvalue weighted by Crippen LogP contribution is 2.48. The molecule has 1 aliphatic rings. The third-order valence-electron chi connectivity index (χ3n) is 5.94. The molecule has 4 aromatic rings. The van der Waals surface area contributed by atoms with Crippen LogP contribution in [0, 0.1) is 5.82 Å². The average molecular weight is 408 g/mol. The zero-order chi connectivity index (χ0) is 21.3. The molecule has 152 valence electrons. The first-order valence-electron chi connectivity index (χ1n) is 10.3. The summed E-state index contributed by atoms with van der Waals surface area (Å²) in [5.41, 5.74) is 3.64. The molecule has 0 saturated carbocycles. The maximum Gasteiger partial charge on any atom is 0.242 e. The fraction of sp³-hybridized carbons (Fsp3) is 0.111. The predicted octanol–water partition coefficient (Wildman–Crippen LogP) is 5.62. The second-order valence-electron chi connectivity index (χ2n) is 7.91. The van der Waals surface area contributed by atoms with Crippen molar-refractivity contribution in [3.05, 3.63) is 126 Å². The van der Waals surface area contributed by atoms with Crippen molar-refractivity contribution in [2.75, 3.05) is 4.90 Å². The van der Waals surface area contributed by atoms with E-state index in [0.29, 0.717) is 12.8 Å². The molecule has 1 unspecified atom stereocenters. The molecule has 1 amide bonds. The average Bonchev–Trinajstić information content (AvgIpc) is 3.03. The summed E-state index contributed by atoms with van der Waals surface area (Å²) in [6, 6.07) is 28.0. The first-order chi connectivity index (χ1) is 15.2. The number of halogens is 1. The van der Waals surface area contributed by atoms with E-state index in [4.69, 9.17) is 0 Å². The van der Waals surface area contributed by atoms with Gasteiger partial charge in [0.1, 0.15) is 5.82 Å². The summed E-state index contributed by atoms with van der Waals surface area (Å²) in [6.07, 6.45) is 4.40. The molecule has 1 aromatic heterocycles. The van der Waals surface area contributed by atoms with Crippen LogP contribution in [0.2, 0.25) is 0 Å². The normalized spacial score (nSPS) is 17.6. The van der Waals surface area contributed by atoms with Crippen LogP contribution in [0.5, 0.6) is 0 Å². The highest BCUT2D eigenvalue weighted by Gasteiger charge is 2.51. The molecule has 1 aliphatic heterocycles. The molecular weight excluding hydrogens is 387 g/mol. The quantitative estimate of drug-likeness (QED) is 0.429. The van der Waals surface area contributed by atoms with Crippen LogP contribution in [0.4, 0.5) is 15.8 Å². The van der Waals surface area contributed by atoms with Gasteiger partial charge >= 0.3 is 0 Å². The van der Waals surface area contributed by atoms with E-state index in [-0.39, 0.29) is 11.7 Å². The molecule has 0 fully saturated rings. The first kappa shape index (κ1) is 19.2. The van der Waals surface area contributed by atoms with Crippen molar-refractivity contribution in [2.45, 2.75) is 18.3 Å². The van der Waals surface area contributed by atoms with E-state index in [2.05, 4.69) is 4.98 Å². The van der Waals surface area contributed by atoms with Gasteiger partial charge in [0, 0.05) is 18.1 Å². The molecule has 5 rings (SSSR count). The molecule has 0 radical (unpaired) electrons. The van der Waals surface area contributed by atoms with Crippen molar-refractivity contribution in [3.63, 3.8) is 0 Å². The number of hydrogen-bond donors (Lipinski definition) is 0. The Hall–Kier alpha value is -3.79. The SMILES string of the molecule is O=C1N(c2ccccc2)c2ccccc2C1(Cc1ccncc1)Cc1cccc(F)c1. The number of anilines is 2. The van der Waals surface area contributed by atoms with Crippen LogP contribution in [0.25, 0.3) is 0 Å². The molecule has 0 N–H and O–H groups in total. The van der Waals surface area contributed by atoms with Crippen LogP contribution >= 0.6 is 0 Å². The number of fused-ring (bicyclic) bond motifs is 1. The second-order valence-corrected chi connectivity index (χ2v) is 7.91. The molecular formula is C27H21FN2O. The summed E-state index contributed by atoms with van der Waals surface area (Å²) >= 11 is 0. The first-order valence-corrected chi connectivity index (χ1v) is 10.3. The van der Waals surface area contributed by atoms with E-state index in [1.165, 1.54) is 12.1 Å². The number of aromatic nitrogens is 1. The Bertz CT molecular complexity index is 1230. The van der Waals surface area contributed by atoms with Crippen molar-refractivity contribution >= 4 is 17.3 Å². The Morgan fingerprint density at radius 3 is 2.26 bits per heavy atom. The summed E-state index contributed by atoms with van der Waals surface area (Å²) in [4.78, 5) is 20.1. The Balaban J connectivity index is 1.70. The van der Waals surface area contributed by atoms with Gasteiger partial charge in [-0.2, -0.15) is 0 Å². The van der Waals surface area contributed by atoms with E-state index in [1.54, 1.807) is 23.4 Å². The zero-order valence-electron chi connectivity index (χ0n) is 16.9. The Morgan fingerprint density at radius 1 is 0.774 bits per heavy atom. The van der Waals surface area contributed by atoms with E-state index in [0.717, 1.165) is 28.1 Å². The Labute approximate surface area is 180 Å². The lowest BCUT2D eigenvalue weighted by Gasteiger charge is -2.29. The number of benzene rings is 3. The van der Waals surface area contributed by atoms with Gasteiger partial charge in [0.25, 0.3) is 0 Å². The maximum atomic E-state index is 14.2. The molecule has 2 heterocycles. The maximum absolute atomic E-state index is 14.2.